The van der Waals surface area contributed by atoms with Crippen molar-refractivity contribution in [3.63, 3.8) is 0 Å². The van der Waals surface area contributed by atoms with Gasteiger partial charge in [-0.05, 0) is 18.1 Å². The van der Waals surface area contributed by atoms with Crippen molar-refractivity contribution >= 4 is 6.09 Å². The summed E-state index contributed by atoms with van der Waals surface area (Å²) < 4.78 is 4.83. The highest BCUT2D eigenvalue weighted by molar-refractivity contribution is 5.69. The van der Waals surface area contributed by atoms with Crippen LogP contribution in [-0.4, -0.2) is 31.2 Å². The summed E-state index contributed by atoms with van der Waals surface area (Å²) in [6.07, 6.45) is 1.19. The number of hydrogen-bond acceptors (Lipinski definition) is 6. The van der Waals surface area contributed by atoms with Crippen LogP contribution in [0.4, 0.5) is 4.79 Å². The average molecular weight is 373 g/mol. The number of hydrogen-bond donors (Lipinski definition) is 1. The van der Waals surface area contributed by atoms with Crippen molar-refractivity contribution in [3.05, 3.63) is 58.3 Å². The fraction of sp³-hybridized carbons (Fsp3) is 0.333. The zero-order valence-electron chi connectivity index (χ0n) is 15.6. The normalized spacial score (nSPS) is 22.8. The fourth-order valence-electron chi connectivity index (χ4n) is 4.16. The maximum absolute atomic E-state index is 12.1. The molecular weight excluding hydrogens is 354 g/mol. The lowest BCUT2D eigenvalue weighted by Crippen LogP contribution is -2.48. The third kappa shape index (κ3) is 2.68. The zero-order valence-corrected chi connectivity index (χ0v) is 15.6. The third-order valence-corrected chi connectivity index (χ3v) is 5.48. The Kier molecular flexibility index (Phi) is 4.82. The standard InChI is InChI=1S/C21H19N5O2/c1-13-4-3-5-14(8-13)18-15(9-22)19(25)21(11-23,12-24)17-6-7-26(10-16(17)18)20(27)28-2/h3-6,8,16,18H,7,10,25H2,1-2H3. The number of amides is 1. The minimum Gasteiger partial charge on any atom is -0.453 e. The Labute approximate surface area is 163 Å². The molecular formula is C21H19N5O2. The van der Waals surface area contributed by atoms with Gasteiger partial charge in [-0.25, -0.2) is 4.79 Å². The monoisotopic (exact) mass is 373 g/mol. The van der Waals surface area contributed by atoms with Crippen LogP contribution in [-0.2, 0) is 4.74 Å². The molecule has 1 aromatic carbocycles. The summed E-state index contributed by atoms with van der Waals surface area (Å²) in [5, 5.41) is 29.6. The molecule has 1 amide bonds. The van der Waals surface area contributed by atoms with Crippen LogP contribution in [0.25, 0.3) is 0 Å². The number of carbonyl (C=O) groups excluding carboxylic acids is 1. The van der Waals surface area contributed by atoms with Gasteiger partial charge in [0.2, 0.25) is 5.41 Å². The van der Waals surface area contributed by atoms with Crippen molar-refractivity contribution in [2.45, 2.75) is 12.8 Å². The molecule has 0 fully saturated rings. The first kappa shape index (κ1) is 19.0. The van der Waals surface area contributed by atoms with Crippen LogP contribution in [0.2, 0.25) is 0 Å². The van der Waals surface area contributed by atoms with E-state index >= 15 is 0 Å². The van der Waals surface area contributed by atoms with Gasteiger partial charge in [0.1, 0.15) is 0 Å². The van der Waals surface area contributed by atoms with Gasteiger partial charge >= 0.3 is 6.09 Å². The maximum atomic E-state index is 12.1. The van der Waals surface area contributed by atoms with Crippen LogP contribution < -0.4 is 5.73 Å². The molecule has 1 heterocycles. The van der Waals surface area contributed by atoms with E-state index < -0.39 is 23.3 Å². The van der Waals surface area contributed by atoms with E-state index in [0.717, 1.165) is 11.1 Å². The average Bonchev–Trinajstić information content (AvgIpc) is 2.72. The summed E-state index contributed by atoms with van der Waals surface area (Å²) in [7, 11) is 1.30. The summed E-state index contributed by atoms with van der Waals surface area (Å²) >= 11 is 0. The largest absolute Gasteiger partial charge is 0.453 e. The van der Waals surface area contributed by atoms with Crippen molar-refractivity contribution in [3.8, 4) is 18.2 Å². The summed E-state index contributed by atoms with van der Waals surface area (Å²) in [5.41, 5.74) is 7.12. The van der Waals surface area contributed by atoms with E-state index in [2.05, 4.69) is 6.07 Å². The molecule has 0 saturated heterocycles. The Morgan fingerprint density at radius 1 is 1.32 bits per heavy atom. The predicted octanol–water partition coefficient (Wildman–Crippen LogP) is 2.49. The number of rotatable bonds is 1. The molecule has 28 heavy (non-hydrogen) atoms. The minimum absolute atomic E-state index is 0.0273. The molecule has 0 aromatic heterocycles. The number of methoxy groups -OCH3 is 1. The summed E-state index contributed by atoms with van der Waals surface area (Å²) in [4.78, 5) is 13.6. The van der Waals surface area contributed by atoms with E-state index in [-0.39, 0.29) is 24.4 Å². The summed E-state index contributed by atoms with van der Waals surface area (Å²) in [5.74, 6) is -0.894. The molecule has 7 heteroatoms. The molecule has 2 atom stereocenters. The maximum Gasteiger partial charge on any atom is 0.409 e. The Morgan fingerprint density at radius 2 is 2.04 bits per heavy atom. The highest BCUT2D eigenvalue weighted by Gasteiger charge is 2.53. The van der Waals surface area contributed by atoms with Gasteiger partial charge in [0, 0.05) is 24.9 Å². The van der Waals surface area contributed by atoms with Gasteiger partial charge in [-0.2, -0.15) is 15.8 Å². The number of nitrogens with two attached hydrogens (primary N) is 1. The van der Waals surface area contributed by atoms with Crippen LogP contribution >= 0.6 is 0 Å². The predicted molar refractivity (Wildman–Crippen MR) is 100.0 cm³/mol. The molecule has 0 radical (unpaired) electrons. The molecule has 0 bridgehead atoms. The van der Waals surface area contributed by atoms with Crippen LogP contribution in [0.3, 0.4) is 0 Å². The molecule has 2 aliphatic rings. The van der Waals surface area contributed by atoms with E-state index in [9.17, 15) is 20.6 Å². The van der Waals surface area contributed by atoms with Crippen molar-refractivity contribution in [1.29, 1.82) is 15.8 Å². The molecule has 7 nitrogen and oxygen atoms in total. The lowest BCUT2D eigenvalue weighted by Gasteiger charge is -2.44. The van der Waals surface area contributed by atoms with E-state index in [1.54, 1.807) is 6.08 Å². The first-order valence-electron chi connectivity index (χ1n) is 8.76. The molecule has 2 unspecified atom stereocenters. The smallest absolute Gasteiger partial charge is 0.409 e. The Bertz CT molecular complexity index is 1000. The summed E-state index contributed by atoms with van der Waals surface area (Å²) in [6, 6.07) is 13.8. The number of carbonyl (C=O) groups is 1. The second kappa shape index (κ2) is 7.10. The lowest BCUT2D eigenvalue weighted by molar-refractivity contribution is 0.117. The van der Waals surface area contributed by atoms with Crippen LogP contribution in [0.5, 0.6) is 0 Å². The molecule has 3 rings (SSSR count). The molecule has 1 aliphatic heterocycles. The van der Waals surface area contributed by atoms with Crippen LogP contribution in [0, 0.1) is 52.2 Å². The van der Waals surface area contributed by atoms with Crippen molar-refractivity contribution in [2.75, 3.05) is 20.2 Å². The van der Waals surface area contributed by atoms with Crippen molar-refractivity contribution in [2.24, 2.45) is 17.1 Å². The summed E-state index contributed by atoms with van der Waals surface area (Å²) in [6.45, 7) is 2.37. The van der Waals surface area contributed by atoms with Gasteiger partial charge in [-0.15, -0.1) is 0 Å². The number of nitriles is 3. The zero-order chi connectivity index (χ0) is 20.5. The highest BCUT2D eigenvalue weighted by atomic mass is 16.5. The number of benzene rings is 1. The topological polar surface area (TPSA) is 127 Å². The van der Waals surface area contributed by atoms with E-state index in [1.807, 2.05) is 43.3 Å². The Morgan fingerprint density at radius 3 is 2.61 bits per heavy atom. The first-order valence-corrected chi connectivity index (χ1v) is 8.76. The number of allylic oxidation sites excluding steroid dienone is 2. The lowest BCUT2D eigenvalue weighted by atomic mass is 9.60. The SMILES string of the molecule is COC(=O)N1CC=C2C(C1)C(c1cccc(C)c1)C(C#N)=C(N)C2(C#N)C#N. The van der Waals surface area contributed by atoms with Crippen LogP contribution in [0.1, 0.15) is 17.0 Å². The van der Waals surface area contributed by atoms with E-state index in [0.29, 0.717) is 5.57 Å². The third-order valence-electron chi connectivity index (χ3n) is 5.48. The number of fused-ring (bicyclic) bond motifs is 1. The quantitative estimate of drug-likeness (QED) is 0.753. The number of ether oxygens (including phenoxy) is 1. The minimum atomic E-state index is -1.71. The van der Waals surface area contributed by atoms with Gasteiger partial charge in [0.15, 0.2) is 0 Å². The molecule has 2 N–H and O–H groups in total. The van der Waals surface area contributed by atoms with Crippen molar-refractivity contribution in [1.82, 2.24) is 4.90 Å². The molecule has 1 aliphatic carbocycles. The highest BCUT2D eigenvalue weighted by Crippen LogP contribution is 2.52. The fourth-order valence-corrected chi connectivity index (χ4v) is 4.16. The van der Waals surface area contributed by atoms with Gasteiger partial charge < -0.3 is 15.4 Å². The number of nitrogens with zero attached hydrogens (tertiary/aromatic N) is 4. The molecule has 1 aromatic rings. The molecule has 140 valence electrons. The van der Waals surface area contributed by atoms with Gasteiger partial charge in [0.05, 0.1) is 36.6 Å². The first-order chi connectivity index (χ1) is 13.4. The number of aryl methyl sites for hydroxylation is 1. The van der Waals surface area contributed by atoms with Gasteiger partial charge in [-0.3, -0.25) is 0 Å². The second-order valence-electron chi connectivity index (χ2n) is 6.95. The van der Waals surface area contributed by atoms with E-state index in [4.69, 9.17) is 10.5 Å². The van der Waals surface area contributed by atoms with Crippen LogP contribution in [0.15, 0.2) is 47.2 Å². The Balaban J connectivity index is 2.28. The Hall–Kier alpha value is -3.76. The second-order valence-corrected chi connectivity index (χ2v) is 6.95. The van der Waals surface area contributed by atoms with Gasteiger partial charge in [0.25, 0.3) is 0 Å². The molecule has 0 spiro atoms. The van der Waals surface area contributed by atoms with Crippen molar-refractivity contribution < 1.29 is 9.53 Å². The molecule has 0 saturated carbocycles. The van der Waals surface area contributed by atoms with Gasteiger partial charge in [-0.1, -0.05) is 35.9 Å². The van der Waals surface area contributed by atoms with E-state index in [1.165, 1.54) is 12.0 Å².